The fraction of sp³-hybridized carbons (Fsp3) is 0.389. The molecule has 0 aromatic carbocycles. The first-order valence-corrected chi connectivity index (χ1v) is 8.24. The molecule has 2 N–H and O–H groups in total. The minimum Gasteiger partial charge on any atom is -0.331 e. The van der Waals surface area contributed by atoms with E-state index in [1.165, 1.54) is 12.8 Å². The first kappa shape index (κ1) is 14.2. The van der Waals surface area contributed by atoms with Gasteiger partial charge in [0.05, 0.1) is 6.04 Å². The number of carbonyl (C=O) groups is 1. The third kappa shape index (κ3) is 3.50. The Morgan fingerprint density at radius 2 is 1.87 bits per heavy atom. The van der Waals surface area contributed by atoms with Crippen LogP contribution in [0, 0.1) is 5.92 Å². The third-order valence-corrected chi connectivity index (χ3v) is 4.45. The highest BCUT2D eigenvalue weighted by Crippen LogP contribution is 2.41. The maximum absolute atomic E-state index is 12.3. The van der Waals surface area contributed by atoms with Crippen LogP contribution in [0.4, 0.5) is 10.6 Å². The predicted octanol–water partition coefficient (Wildman–Crippen LogP) is 3.63. The summed E-state index contributed by atoms with van der Waals surface area (Å²) in [6.07, 6.45) is 8.25. The maximum Gasteiger partial charge on any atom is 0.320 e. The number of anilines is 1. The summed E-state index contributed by atoms with van der Waals surface area (Å²) in [5, 5.41) is 5.96. The Hall–Kier alpha value is -2.43. The number of nitrogens with one attached hydrogen (secondary N) is 2. The SMILES string of the molecule is O=C(Nc1cccc(C2CC2)n1)NC(c1ccncc1)C1CC1. The molecular formula is C18H20N4O. The van der Waals surface area contributed by atoms with Crippen molar-refractivity contribution in [3.8, 4) is 0 Å². The maximum atomic E-state index is 12.3. The fourth-order valence-corrected chi connectivity index (χ4v) is 2.89. The fourth-order valence-electron chi connectivity index (χ4n) is 2.89. The van der Waals surface area contributed by atoms with Gasteiger partial charge in [0.1, 0.15) is 5.82 Å². The molecule has 4 rings (SSSR count). The van der Waals surface area contributed by atoms with Gasteiger partial charge in [0.25, 0.3) is 0 Å². The summed E-state index contributed by atoms with van der Waals surface area (Å²) in [5.41, 5.74) is 2.19. The molecular weight excluding hydrogens is 288 g/mol. The van der Waals surface area contributed by atoms with Crippen molar-refractivity contribution >= 4 is 11.8 Å². The van der Waals surface area contributed by atoms with Crippen molar-refractivity contribution in [3.05, 3.63) is 54.0 Å². The molecule has 0 aliphatic heterocycles. The summed E-state index contributed by atoms with van der Waals surface area (Å²) in [4.78, 5) is 20.9. The molecule has 2 heterocycles. The van der Waals surface area contributed by atoms with Gasteiger partial charge in [-0.15, -0.1) is 0 Å². The highest BCUT2D eigenvalue weighted by atomic mass is 16.2. The van der Waals surface area contributed by atoms with Gasteiger partial charge in [-0.25, -0.2) is 9.78 Å². The van der Waals surface area contributed by atoms with Gasteiger partial charge in [-0.1, -0.05) is 6.07 Å². The van der Waals surface area contributed by atoms with Crippen molar-refractivity contribution in [2.24, 2.45) is 5.92 Å². The quantitative estimate of drug-likeness (QED) is 0.886. The zero-order valence-corrected chi connectivity index (χ0v) is 12.9. The van der Waals surface area contributed by atoms with Crippen LogP contribution >= 0.6 is 0 Å². The van der Waals surface area contributed by atoms with Gasteiger partial charge >= 0.3 is 6.03 Å². The zero-order chi connectivity index (χ0) is 15.6. The Bertz CT molecular complexity index is 695. The first-order chi connectivity index (χ1) is 11.3. The van der Waals surface area contributed by atoms with Gasteiger partial charge in [0.15, 0.2) is 0 Å². The van der Waals surface area contributed by atoms with Crippen LogP contribution in [0.5, 0.6) is 0 Å². The Kier molecular flexibility index (Phi) is 3.69. The zero-order valence-electron chi connectivity index (χ0n) is 12.9. The van der Waals surface area contributed by atoms with Gasteiger partial charge in [0.2, 0.25) is 0 Å². The molecule has 1 unspecified atom stereocenters. The van der Waals surface area contributed by atoms with E-state index >= 15 is 0 Å². The second-order valence-electron chi connectivity index (χ2n) is 6.42. The number of aromatic nitrogens is 2. The van der Waals surface area contributed by atoms with E-state index in [1.807, 2.05) is 30.3 Å². The van der Waals surface area contributed by atoms with Gasteiger partial charge in [-0.2, -0.15) is 0 Å². The lowest BCUT2D eigenvalue weighted by Gasteiger charge is -2.19. The summed E-state index contributed by atoms with van der Waals surface area (Å²) in [5.74, 6) is 1.72. The number of carbonyl (C=O) groups excluding carboxylic acids is 1. The van der Waals surface area contributed by atoms with Crippen molar-refractivity contribution in [1.29, 1.82) is 0 Å². The smallest absolute Gasteiger partial charge is 0.320 e. The molecule has 23 heavy (non-hydrogen) atoms. The molecule has 1 atom stereocenters. The van der Waals surface area contributed by atoms with Crippen molar-refractivity contribution in [2.45, 2.75) is 37.6 Å². The van der Waals surface area contributed by atoms with Gasteiger partial charge in [-0.3, -0.25) is 10.3 Å². The van der Waals surface area contributed by atoms with E-state index in [4.69, 9.17) is 0 Å². The summed E-state index contributed by atoms with van der Waals surface area (Å²) < 4.78 is 0. The lowest BCUT2D eigenvalue weighted by atomic mass is 10.0. The van der Waals surface area contributed by atoms with E-state index in [0.717, 1.165) is 24.1 Å². The molecule has 2 amide bonds. The number of hydrogen-bond acceptors (Lipinski definition) is 3. The molecule has 2 aromatic heterocycles. The molecule has 2 aliphatic rings. The van der Waals surface area contributed by atoms with E-state index in [1.54, 1.807) is 12.4 Å². The van der Waals surface area contributed by atoms with Crippen LogP contribution in [0.3, 0.4) is 0 Å². The minimum atomic E-state index is -0.195. The number of nitrogens with zero attached hydrogens (tertiary/aromatic N) is 2. The van der Waals surface area contributed by atoms with E-state index in [-0.39, 0.29) is 12.1 Å². The highest BCUT2D eigenvalue weighted by molar-refractivity contribution is 5.88. The summed E-state index contributed by atoms with van der Waals surface area (Å²) >= 11 is 0. The lowest BCUT2D eigenvalue weighted by molar-refractivity contribution is 0.247. The Morgan fingerprint density at radius 1 is 1.09 bits per heavy atom. The van der Waals surface area contributed by atoms with Crippen molar-refractivity contribution in [3.63, 3.8) is 0 Å². The average molecular weight is 308 g/mol. The molecule has 118 valence electrons. The molecule has 2 aromatic rings. The van der Waals surface area contributed by atoms with Crippen LogP contribution < -0.4 is 10.6 Å². The first-order valence-electron chi connectivity index (χ1n) is 8.24. The van der Waals surface area contributed by atoms with E-state index in [9.17, 15) is 4.79 Å². The van der Waals surface area contributed by atoms with Gasteiger partial charge in [0, 0.05) is 24.0 Å². The number of rotatable bonds is 5. The second kappa shape index (κ2) is 5.99. The van der Waals surface area contributed by atoms with Crippen LogP contribution in [0.25, 0.3) is 0 Å². The molecule has 5 nitrogen and oxygen atoms in total. The van der Waals surface area contributed by atoms with E-state index < -0.39 is 0 Å². The van der Waals surface area contributed by atoms with Crippen LogP contribution in [0.2, 0.25) is 0 Å². The lowest BCUT2D eigenvalue weighted by Crippen LogP contribution is -2.34. The minimum absolute atomic E-state index is 0.0459. The van der Waals surface area contributed by atoms with Crippen LogP contribution in [0.1, 0.15) is 48.9 Å². The number of hydrogen-bond donors (Lipinski definition) is 2. The summed E-state index contributed by atoms with van der Waals surface area (Å²) in [6, 6.07) is 9.61. The number of pyridine rings is 2. The second-order valence-corrected chi connectivity index (χ2v) is 6.42. The molecule has 0 spiro atoms. The Balaban J connectivity index is 1.43. The Labute approximate surface area is 135 Å². The Morgan fingerprint density at radius 3 is 2.57 bits per heavy atom. The standard InChI is InChI=1S/C18H20N4O/c23-18(21-16-3-1-2-15(20-16)12-4-5-12)22-17(13-6-7-13)14-8-10-19-11-9-14/h1-3,8-13,17H,4-7H2,(H2,20,21,22,23). The molecule has 0 bridgehead atoms. The monoisotopic (exact) mass is 308 g/mol. The van der Waals surface area contributed by atoms with Crippen LogP contribution in [-0.2, 0) is 0 Å². The molecule has 0 saturated heterocycles. The molecule has 2 fully saturated rings. The van der Waals surface area contributed by atoms with Crippen molar-refractivity contribution < 1.29 is 4.79 Å². The van der Waals surface area contributed by atoms with Gasteiger partial charge in [-0.05, 0) is 61.4 Å². The average Bonchev–Trinajstić information content (AvgIpc) is 3.47. The van der Waals surface area contributed by atoms with Crippen LogP contribution in [0.15, 0.2) is 42.7 Å². The summed E-state index contributed by atoms with van der Waals surface area (Å²) in [7, 11) is 0. The molecule has 2 aliphatic carbocycles. The third-order valence-electron chi connectivity index (χ3n) is 4.45. The molecule has 2 saturated carbocycles. The largest absolute Gasteiger partial charge is 0.331 e. The predicted molar refractivity (Wildman–Crippen MR) is 88.1 cm³/mol. The van der Waals surface area contributed by atoms with Gasteiger partial charge < -0.3 is 5.32 Å². The highest BCUT2D eigenvalue weighted by Gasteiger charge is 2.33. The van der Waals surface area contributed by atoms with Crippen molar-refractivity contribution in [2.75, 3.05) is 5.32 Å². The number of amides is 2. The summed E-state index contributed by atoms with van der Waals surface area (Å²) in [6.45, 7) is 0. The molecule has 5 heteroatoms. The molecule has 0 radical (unpaired) electrons. The van der Waals surface area contributed by atoms with E-state index in [0.29, 0.717) is 17.7 Å². The van der Waals surface area contributed by atoms with Crippen LogP contribution in [-0.4, -0.2) is 16.0 Å². The van der Waals surface area contributed by atoms with E-state index in [2.05, 4.69) is 20.6 Å². The number of urea groups is 1. The van der Waals surface area contributed by atoms with Crippen molar-refractivity contribution in [1.82, 2.24) is 15.3 Å². The topological polar surface area (TPSA) is 66.9 Å². The normalized spacial score (nSPS) is 18.3.